The zero-order valence-electron chi connectivity index (χ0n) is 15.5. The Kier molecular flexibility index (Phi) is 5.50. The lowest BCUT2D eigenvalue weighted by atomic mass is 9.96. The summed E-state index contributed by atoms with van der Waals surface area (Å²) in [5.41, 5.74) is 3.86. The van der Waals surface area contributed by atoms with E-state index in [-0.39, 0.29) is 11.2 Å². The van der Waals surface area contributed by atoms with Crippen LogP contribution >= 0.6 is 12.6 Å². The maximum atomic E-state index is 11.5. The molecule has 5 nitrogen and oxygen atoms in total. The first-order valence-electron chi connectivity index (χ1n) is 9.49. The van der Waals surface area contributed by atoms with Crippen molar-refractivity contribution < 1.29 is 9.90 Å². The van der Waals surface area contributed by atoms with Crippen LogP contribution in [0.1, 0.15) is 47.6 Å². The second-order valence-corrected chi connectivity index (χ2v) is 7.69. The first-order valence-corrected chi connectivity index (χ1v) is 10.0. The van der Waals surface area contributed by atoms with E-state index < -0.39 is 6.10 Å². The largest absolute Gasteiger partial charge is 0.388 e. The van der Waals surface area contributed by atoms with Gasteiger partial charge < -0.3 is 15.0 Å². The number of nitrogens with one attached hydrogen (secondary N) is 1. The summed E-state index contributed by atoms with van der Waals surface area (Å²) in [6, 6.07) is 15.8. The van der Waals surface area contributed by atoms with Crippen molar-refractivity contribution in [2.45, 2.75) is 37.0 Å². The van der Waals surface area contributed by atoms with Gasteiger partial charge in [-0.05, 0) is 48.6 Å². The molecule has 6 heteroatoms. The van der Waals surface area contributed by atoms with E-state index in [1.54, 1.807) is 6.20 Å². The number of nitrogens with zero attached hydrogens (tertiary/aromatic N) is 2. The predicted octanol–water partition coefficient (Wildman–Crippen LogP) is 4.24. The third-order valence-corrected chi connectivity index (χ3v) is 5.61. The van der Waals surface area contributed by atoms with Crippen molar-refractivity contribution in [3.63, 3.8) is 0 Å². The molecule has 0 fully saturated rings. The first kappa shape index (κ1) is 18.8. The summed E-state index contributed by atoms with van der Waals surface area (Å²) in [6.45, 7) is 0. The van der Waals surface area contributed by atoms with Gasteiger partial charge in [-0.1, -0.05) is 30.3 Å². The van der Waals surface area contributed by atoms with Gasteiger partial charge in [-0.15, -0.1) is 0 Å². The second kappa shape index (κ2) is 8.20. The highest BCUT2D eigenvalue weighted by atomic mass is 32.1. The van der Waals surface area contributed by atoms with E-state index in [9.17, 15) is 9.90 Å². The summed E-state index contributed by atoms with van der Waals surface area (Å²) in [6.07, 6.45) is 5.63. The molecule has 3 aromatic rings. The molecule has 2 aromatic carbocycles. The van der Waals surface area contributed by atoms with Crippen LogP contribution in [0.25, 0.3) is 5.69 Å². The highest BCUT2D eigenvalue weighted by Crippen LogP contribution is 2.32. The predicted molar refractivity (Wildman–Crippen MR) is 113 cm³/mol. The number of anilines is 1. The summed E-state index contributed by atoms with van der Waals surface area (Å²) in [7, 11) is 0. The summed E-state index contributed by atoms with van der Waals surface area (Å²) in [4.78, 5) is 16.0. The number of aryl methyl sites for hydroxylation is 1. The molecule has 1 amide bonds. The number of rotatable bonds is 6. The van der Waals surface area contributed by atoms with E-state index in [4.69, 9.17) is 12.6 Å². The monoisotopic (exact) mass is 393 g/mol. The van der Waals surface area contributed by atoms with E-state index in [2.05, 4.69) is 10.3 Å². The van der Waals surface area contributed by atoms with Crippen LogP contribution in [0.4, 0.5) is 5.69 Å². The Morgan fingerprint density at radius 1 is 1.14 bits per heavy atom. The fourth-order valence-corrected chi connectivity index (χ4v) is 3.93. The van der Waals surface area contributed by atoms with Crippen LogP contribution in [-0.4, -0.2) is 20.6 Å². The average molecular weight is 394 g/mol. The SMILES string of the molecule is O=C1CCc2cc(C(O)CCC(S)c3nccn3-c3ccccc3)ccc2N1. The molecule has 1 aliphatic heterocycles. The lowest BCUT2D eigenvalue weighted by molar-refractivity contribution is -0.116. The van der Waals surface area contributed by atoms with Gasteiger partial charge in [-0.3, -0.25) is 4.79 Å². The van der Waals surface area contributed by atoms with Crippen molar-refractivity contribution in [2.24, 2.45) is 0 Å². The average Bonchev–Trinajstić information content (AvgIpc) is 3.22. The minimum Gasteiger partial charge on any atom is -0.388 e. The van der Waals surface area contributed by atoms with E-state index in [1.807, 2.05) is 59.3 Å². The number of carbonyl (C=O) groups excluding carboxylic acids is 1. The Morgan fingerprint density at radius 3 is 2.79 bits per heavy atom. The number of hydrogen-bond donors (Lipinski definition) is 3. The van der Waals surface area contributed by atoms with E-state index >= 15 is 0 Å². The number of imidazole rings is 1. The van der Waals surface area contributed by atoms with Crippen LogP contribution in [0.2, 0.25) is 0 Å². The number of aliphatic hydroxyl groups excluding tert-OH is 1. The fraction of sp³-hybridized carbons (Fsp3) is 0.273. The standard InChI is InChI=1S/C22H23N3O2S/c26-19(16-6-8-18-15(14-16)7-11-21(27)24-18)9-10-20(28)22-23-12-13-25(22)17-4-2-1-3-5-17/h1-6,8,12-14,19-20,26,28H,7,9-11H2,(H,24,27). The third kappa shape index (κ3) is 3.98. The molecule has 2 unspecified atom stereocenters. The maximum Gasteiger partial charge on any atom is 0.224 e. The molecule has 0 saturated carbocycles. The third-order valence-electron chi connectivity index (χ3n) is 5.12. The molecule has 0 radical (unpaired) electrons. The molecule has 0 aliphatic carbocycles. The molecule has 0 saturated heterocycles. The Morgan fingerprint density at radius 2 is 1.96 bits per heavy atom. The van der Waals surface area contributed by atoms with Crippen LogP contribution in [0.5, 0.6) is 0 Å². The topological polar surface area (TPSA) is 67.1 Å². The number of aliphatic hydroxyl groups is 1. The number of benzene rings is 2. The normalized spacial score (nSPS) is 15.6. The maximum absolute atomic E-state index is 11.5. The van der Waals surface area contributed by atoms with Gasteiger partial charge >= 0.3 is 0 Å². The number of fused-ring (bicyclic) bond motifs is 1. The van der Waals surface area contributed by atoms with Crippen molar-refractivity contribution in [3.05, 3.63) is 77.9 Å². The molecular weight excluding hydrogens is 370 g/mol. The number of aromatic nitrogens is 2. The van der Waals surface area contributed by atoms with E-state index in [1.165, 1.54) is 0 Å². The Balaban J connectivity index is 1.42. The number of para-hydroxylation sites is 1. The molecular formula is C22H23N3O2S. The summed E-state index contributed by atoms with van der Waals surface area (Å²) in [5.74, 6) is 0.919. The van der Waals surface area contributed by atoms with Gasteiger partial charge in [0.2, 0.25) is 5.91 Å². The lowest BCUT2D eigenvalue weighted by Gasteiger charge is -2.20. The van der Waals surface area contributed by atoms with Gasteiger partial charge in [0.25, 0.3) is 0 Å². The summed E-state index contributed by atoms with van der Waals surface area (Å²) < 4.78 is 2.03. The van der Waals surface area contributed by atoms with E-state index in [0.29, 0.717) is 25.7 Å². The Labute approximate surface area is 169 Å². The van der Waals surface area contributed by atoms with Gasteiger partial charge in [0, 0.05) is 30.2 Å². The lowest BCUT2D eigenvalue weighted by Crippen LogP contribution is -2.19. The number of thiol groups is 1. The van der Waals surface area contributed by atoms with Gasteiger partial charge in [0.05, 0.1) is 11.4 Å². The fourth-order valence-electron chi connectivity index (χ4n) is 3.59. The van der Waals surface area contributed by atoms with Gasteiger partial charge in [0.15, 0.2) is 0 Å². The summed E-state index contributed by atoms with van der Waals surface area (Å²) >= 11 is 4.74. The molecule has 1 aliphatic rings. The number of carbonyl (C=O) groups is 1. The van der Waals surface area contributed by atoms with Crippen molar-refractivity contribution in [2.75, 3.05) is 5.32 Å². The van der Waals surface area contributed by atoms with Crippen LogP contribution < -0.4 is 5.32 Å². The second-order valence-electron chi connectivity index (χ2n) is 7.06. The highest BCUT2D eigenvalue weighted by molar-refractivity contribution is 7.80. The van der Waals surface area contributed by atoms with Crippen LogP contribution in [0.3, 0.4) is 0 Å². The summed E-state index contributed by atoms with van der Waals surface area (Å²) in [5, 5.41) is 13.4. The smallest absolute Gasteiger partial charge is 0.224 e. The molecule has 144 valence electrons. The van der Waals surface area contributed by atoms with Crippen LogP contribution in [0.15, 0.2) is 60.9 Å². The number of amides is 1. The van der Waals surface area contributed by atoms with Crippen molar-refractivity contribution in [1.82, 2.24) is 9.55 Å². The Bertz CT molecular complexity index is 971. The van der Waals surface area contributed by atoms with E-state index in [0.717, 1.165) is 28.3 Å². The molecule has 2 atom stereocenters. The molecule has 0 spiro atoms. The zero-order chi connectivity index (χ0) is 19.5. The van der Waals surface area contributed by atoms with Gasteiger partial charge in [-0.2, -0.15) is 12.6 Å². The van der Waals surface area contributed by atoms with Crippen molar-refractivity contribution in [1.29, 1.82) is 0 Å². The highest BCUT2D eigenvalue weighted by Gasteiger charge is 2.19. The Hall–Kier alpha value is -2.57. The molecule has 4 rings (SSSR count). The van der Waals surface area contributed by atoms with Crippen LogP contribution in [-0.2, 0) is 11.2 Å². The first-order chi connectivity index (χ1) is 13.6. The van der Waals surface area contributed by atoms with Crippen LogP contribution in [0, 0.1) is 0 Å². The minimum atomic E-state index is -0.572. The molecule has 0 bridgehead atoms. The number of hydrogen-bond acceptors (Lipinski definition) is 4. The van der Waals surface area contributed by atoms with Gasteiger partial charge in [-0.25, -0.2) is 4.98 Å². The van der Waals surface area contributed by atoms with Crippen molar-refractivity contribution >= 4 is 24.2 Å². The molecule has 1 aromatic heterocycles. The minimum absolute atomic E-state index is 0.0487. The molecule has 2 N–H and O–H groups in total. The van der Waals surface area contributed by atoms with Gasteiger partial charge in [0.1, 0.15) is 5.82 Å². The zero-order valence-corrected chi connectivity index (χ0v) is 16.3. The molecule has 28 heavy (non-hydrogen) atoms. The quantitative estimate of drug-likeness (QED) is 0.549. The molecule has 2 heterocycles. The van der Waals surface area contributed by atoms with Crippen molar-refractivity contribution in [3.8, 4) is 5.69 Å².